The Hall–Kier alpha value is -1.65. The Morgan fingerprint density at radius 1 is 1.31 bits per heavy atom. The standard InChI is InChI=1S/C8H9F2N3/c1-12-13-8(11)5-2-6(9)4-7(10)3-5/h2-4,12H,1H3,(H2,11,13). The summed E-state index contributed by atoms with van der Waals surface area (Å²) in [6.07, 6.45) is 0. The van der Waals surface area contributed by atoms with Crippen molar-refractivity contribution in [2.24, 2.45) is 10.8 Å². The van der Waals surface area contributed by atoms with Crippen LogP contribution < -0.4 is 11.2 Å². The Labute approximate surface area is 74.2 Å². The first-order valence-electron chi connectivity index (χ1n) is 3.60. The summed E-state index contributed by atoms with van der Waals surface area (Å²) in [6, 6.07) is 2.99. The minimum absolute atomic E-state index is 0.0425. The molecule has 0 spiro atoms. The van der Waals surface area contributed by atoms with E-state index in [-0.39, 0.29) is 11.4 Å². The molecule has 0 amide bonds. The van der Waals surface area contributed by atoms with E-state index >= 15 is 0 Å². The number of hydrogen-bond donors (Lipinski definition) is 2. The minimum Gasteiger partial charge on any atom is -0.382 e. The lowest BCUT2D eigenvalue weighted by Gasteiger charge is -2.00. The van der Waals surface area contributed by atoms with Gasteiger partial charge in [-0.2, -0.15) is 5.10 Å². The van der Waals surface area contributed by atoms with Gasteiger partial charge in [-0.3, -0.25) is 0 Å². The molecule has 1 rings (SSSR count). The van der Waals surface area contributed by atoms with Gasteiger partial charge in [-0.15, -0.1) is 0 Å². The number of nitrogens with zero attached hydrogens (tertiary/aromatic N) is 1. The molecule has 0 atom stereocenters. The third-order valence-electron chi connectivity index (χ3n) is 1.39. The van der Waals surface area contributed by atoms with E-state index in [2.05, 4.69) is 10.5 Å². The van der Waals surface area contributed by atoms with Gasteiger partial charge in [0, 0.05) is 18.7 Å². The molecule has 3 nitrogen and oxygen atoms in total. The molecule has 0 bridgehead atoms. The highest BCUT2D eigenvalue weighted by molar-refractivity contribution is 5.97. The van der Waals surface area contributed by atoms with Crippen LogP contribution >= 0.6 is 0 Å². The Kier molecular flexibility index (Phi) is 2.79. The predicted molar refractivity (Wildman–Crippen MR) is 46.1 cm³/mol. The van der Waals surface area contributed by atoms with Crippen molar-refractivity contribution < 1.29 is 8.78 Å². The second kappa shape index (κ2) is 3.84. The maximum atomic E-state index is 12.7. The van der Waals surface area contributed by atoms with Gasteiger partial charge in [0.05, 0.1) is 0 Å². The van der Waals surface area contributed by atoms with E-state index in [0.29, 0.717) is 0 Å². The Morgan fingerprint density at radius 3 is 2.31 bits per heavy atom. The lowest BCUT2D eigenvalue weighted by Crippen LogP contribution is -2.17. The molecule has 0 radical (unpaired) electrons. The summed E-state index contributed by atoms with van der Waals surface area (Å²) < 4.78 is 25.3. The number of benzene rings is 1. The zero-order valence-corrected chi connectivity index (χ0v) is 7.01. The molecular weight excluding hydrogens is 176 g/mol. The summed E-state index contributed by atoms with van der Waals surface area (Å²) in [4.78, 5) is 0. The maximum Gasteiger partial charge on any atom is 0.150 e. The van der Waals surface area contributed by atoms with Gasteiger partial charge < -0.3 is 11.2 Å². The van der Waals surface area contributed by atoms with E-state index in [9.17, 15) is 8.78 Å². The number of halogens is 2. The van der Waals surface area contributed by atoms with Crippen LogP contribution in [0, 0.1) is 11.6 Å². The van der Waals surface area contributed by atoms with Gasteiger partial charge in [0.1, 0.15) is 11.6 Å². The van der Waals surface area contributed by atoms with Crippen molar-refractivity contribution in [2.45, 2.75) is 0 Å². The molecule has 1 aromatic rings. The van der Waals surface area contributed by atoms with Crippen molar-refractivity contribution in [3.63, 3.8) is 0 Å². The van der Waals surface area contributed by atoms with Gasteiger partial charge in [0.25, 0.3) is 0 Å². The van der Waals surface area contributed by atoms with Crippen LogP contribution in [0.2, 0.25) is 0 Å². The molecule has 1 aromatic carbocycles. The number of hydrazone groups is 1. The number of nitrogens with two attached hydrogens (primary N) is 1. The fourth-order valence-corrected chi connectivity index (χ4v) is 0.887. The highest BCUT2D eigenvalue weighted by atomic mass is 19.1. The second-order valence-corrected chi connectivity index (χ2v) is 2.38. The second-order valence-electron chi connectivity index (χ2n) is 2.38. The summed E-state index contributed by atoms with van der Waals surface area (Å²) >= 11 is 0. The molecule has 0 aromatic heterocycles. The van der Waals surface area contributed by atoms with Gasteiger partial charge in [-0.25, -0.2) is 8.78 Å². The van der Waals surface area contributed by atoms with E-state index < -0.39 is 11.6 Å². The molecular formula is C8H9F2N3. The number of rotatable bonds is 2. The van der Waals surface area contributed by atoms with E-state index in [1.54, 1.807) is 7.05 Å². The van der Waals surface area contributed by atoms with E-state index in [1.165, 1.54) is 0 Å². The van der Waals surface area contributed by atoms with Crippen molar-refractivity contribution >= 4 is 5.84 Å². The molecule has 70 valence electrons. The average molecular weight is 185 g/mol. The average Bonchev–Trinajstić information content (AvgIpc) is 2.03. The molecule has 5 heteroatoms. The first-order valence-corrected chi connectivity index (χ1v) is 3.60. The van der Waals surface area contributed by atoms with Crippen LogP contribution in [0.3, 0.4) is 0 Å². The van der Waals surface area contributed by atoms with Crippen LogP contribution in [0.5, 0.6) is 0 Å². The van der Waals surface area contributed by atoms with Gasteiger partial charge in [-0.05, 0) is 12.1 Å². The first-order chi connectivity index (χ1) is 6.13. The number of amidine groups is 1. The lowest BCUT2D eigenvalue weighted by molar-refractivity contribution is 0.582. The monoisotopic (exact) mass is 185 g/mol. The predicted octanol–water partition coefficient (Wildman–Crippen LogP) is 0.805. The first kappa shape index (κ1) is 9.44. The van der Waals surface area contributed by atoms with Crippen LogP contribution in [-0.4, -0.2) is 12.9 Å². The molecule has 0 saturated heterocycles. The van der Waals surface area contributed by atoms with Gasteiger partial charge in [0.15, 0.2) is 5.84 Å². The molecule has 0 aliphatic carbocycles. The van der Waals surface area contributed by atoms with Crippen molar-refractivity contribution in [2.75, 3.05) is 7.05 Å². The van der Waals surface area contributed by atoms with Crippen molar-refractivity contribution in [1.29, 1.82) is 0 Å². The van der Waals surface area contributed by atoms with Crippen LogP contribution in [0.4, 0.5) is 8.78 Å². The van der Waals surface area contributed by atoms with Crippen LogP contribution in [-0.2, 0) is 0 Å². The zero-order chi connectivity index (χ0) is 9.84. The summed E-state index contributed by atoms with van der Waals surface area (Å²) in [6.45, 7) is 0. The molecule has 0 aliphatic rings. The smallest absolute Gasteiger partial charge is 0.150 e. The molecule has 13 heavy (non-hydrogen) atoms. The van der Waals surface area contributed by atoms with Crippen LogP contribution in [0.1, 0.15) is 5.56 Å². The summed E-state index contributed by atoms with van der Waals surface area (Å²) in [5.41, 5.74) is 8.04. The Morgan fingerprint density at radius 2 is 1.85 bits per heavy atom. The van der Waals surface area contributed by atoms with E-state index in [1.807, 2.05) is 0 Å². The molecule has 0 heterocycles. The highest BCUT2D eigenvalue weighted by Gasteiger charge is 2.03. The minimum atomic E-state index is -0.677. The summed E-state index contributed by atoms with van der Waals surface area (Å²) in [7, 11) is 1.54. The number of nitrogens with one attached hydrogen (secondary N) is 1. The van der Waals surface area contributed by atoms with Crippen LogP contribution in [0.15, 0.2) is 23.3 Å². The molecule has 0 saturated carbocycles. The van der Waals surface area contributed by atoms with Gasteiger partial charge in [-0.1, -0.05) is 0 Å². The van der Waals surface area contributed by atoms with Crippen LogP contribution in [0.25, 0.3) is 0 Å². The SMILES string of the molecule is CN/N=C(\N)c1cc(F)cc(F)c1. The van der Waals surface area contributed by atoms with E-state index in [0.717, 1.165) is 18.2 Å². The Balaban J connectivity index is 3.08. The lowest BCUT2D eigenvalue weighted by atomic mass is 10.2. The van der Waals surface area contributed by atoms with Crippen molar-refractivity contribution in [3.8, 4) is 0 Å². The molecule has 3 N–H and O–H groups in total. The van der Waals surface area contributed by atoms with Gasteiger partial charge in [0.2, 0.25) is 0 Å². The molecule has 0 fully saturated rings. The van der Waals surface area contributed by atoms with E-state index in [4.69, 9.17) is 5.73 Å². The normalized spacial score (nSPS) is 11.5. The summed E-state index contributed by atoms with van der Waals surface area (Å²) in [5.74, 6) is -1.31. The highest BCUT2D eigenvalue weighted by Crippen LogP contribution is 2.07. The van der Waals surface area contributed by atoms with Crippen molar-refractivity contribution in [3.05, 3.63) is 35.4 Å². The quantitative estimate of drug-likeness (QED) is 0.407. The topological polar surface area (TPSA) is 50.4 Å². The molecule has 0 aliphatic heterocycles. The number of hydrogen-bond acceptors (Lipinski definition) is 2. The van der Waals surface area contributed by atoms with Crippen molar-refractivity contribution in [1.82, 2.24) is 5.43 Å². The third-order valence-corrected chi connectivity index (χ3v) is 1.39. The zero-order valence-electron chi connectivity index (χ0n) is 7.01. The maximum absolute atomic E-state index is 12.7. The Bertz CT molecular complexity index is 316. The fraction of sp³-hybridized carbons (Fsp3) is 0.125. The largest absolute Gasteiger partial charge is 0.382 e. The fourth-order valence-electron chi connectivity index (χ4n) is 0.887. The summed E-state index contributed by atoms with van der Waals surface area (Å²) in [5, 5.41) is 3.59. The van der Waals surface area contributed by atoms with Gasteiger partial charge >= 0.3 is 0 Å². The third kappa shape index (κ3) is 2.40. The molecule has 0 unspecified atom stereocenters.